The molecule has 1 atom stereocenters. The number of carboxylic acids is 1. The fourth-order valence-electron chi connectivity index (χ4n) is 1.30. The smallest absolute Gasteiger partial charge is 0.306 e. The second kappa shape index (κ2) is 5.63. The molecule has 0 amide bonds. The van der Waals surface area contributed by atoms with Gasteiger partial charge in [0.25, 0.3) is 0 Å². The van der Waals surface area contributed by atoms with Crippen LogP contribution in [0.2, 0.25) is 0 Å². The Balaban J connectivity index is 4.90. The van der Waals surface area contributed by atoms with Gasteiger partial charge in [-0.05, 0) is 20.3 Å². The quantitative estimate of drug-likeness (QED) is 0.780. The molecule has 0 heterocycles. The van der Waals surface area contributed by atoms with E-state index >= 15 is 0 Å². The van der Waals surface area contributed by atoms with Gasteiger partial charge in [0.15, 0.2) is 5.78 Å². The molecule has 1 unspecified atom stereocenters. The predicted octanol–water partition coefficient (Wildman–Crippen LogP) is 2.65. The number of hydrogen-bond donors (Lipinski definition) is 1. The number of carboxylic acid groups (broad SMARTS) is 1. The third kappa shape index (κ3) is 5.82. The van der Waals surface area contributed by atoms with Crippen LogP contribution < -0.4 is 0 Å². The molecule has 4 nitrogen and oxygen atoms in total. The van der Waals surface area contributed by atoms with Crippen molar-refractivity contribution in [2.24, 2.45) is 5.41 Å². The van der Waals surface area contributed by atoms with Crippen molar-refractivity contribution in [2.45, 2.75) is 66.1 Å². The molecule has 0 aliphatic carbocycles. The zero-order chi connectivity index (χ0) is 13.9. The van der Waals surface area contributed by atoms with Crippen LogP contribution in [0.3, 0.4) is 0 Å². The molecular formula is C13H24O4. The lowest BCUT2D eigenvalue weighted by molar-refractivity contribution is -0.158. The van der Waals surface area contributed by atoms with Crippen LogP contribution in [0, 0.1) is 5.41 Å². The lowest BCUT2D eigenvalue weighted by Gasteiger charge is -2.31. The molecule has 100 valence electrons. The van der Waals surface area contributed by atoms with Gasteiger partial charge in [-0.15, -0.1) is 0 Å². The van der Waals surface area contributed by atoms with E-state index in [0.29, 0.717) is 0 Å². The van der Waals surface area contributed by atoms with Crippen molar-refractivity contribution in [3.8, 4) is 0 Å². The normalized spacial score (nSPS) is 14.5. The number of carbonyl (C=O) groups is 2. The van der Waals surface area contributed by atoms with Crippen LogP contribution in [-0.4, -0.2) is 28.6 Å². The second-order valence-corrected chi connectivity index (χ2v) is 5.93. The molecule has 0 aromatic carbocycles. The van der Waals surface area contributed by atoms with Gasteiger partial charge in [-0.2, -0.15) is 0 Å². The lowest BCUT2D eigenvalue weighted by Crippen LogP contribution is -2.41. The summed E-state index contributed by atoms with van der Waals surface area (Å²) < 4.78 is 5.66. The fraction of sp³-hybridized carbons (Fsp3) is 0.846. The minimum Gasteiger partial charge on any atom is -0.481 e. The van der Waals surface area contributed by atoms with E-state index in [1.807, 2.05) is 20.8 Å². The molecule has 0 saturated carbocycles. The number of Topliss-reactive ketones (excluding diaryl/α,β-unsaturated/α-hetero) is 1. The van der Waals surface area contributed by atoms with E-state index in [4.69, 9.17) is 9.84 Å². The first-order chi connectivity index (χ1) is 7.49. The van der Waals surface area contributed by atoms with Crippen LogP contribution in [0.25, 0.3) is 0 Å². The maximum Gasteiger partial charge on any atom is 0.306 e. The van der Waals surface area contributed by atoms with Gasteiger partial charge in [-0.3, -0.25) is 9.59 Å². The van der Waals surface area contributed by atoms with E-state index < -0.39 is 23.1 Å². The van der Waals surface area contributed by atoms with Crippen molar-refractivity contribution in [1.29, 1.82) is 0 Å². The molecular weight excluding hydrogens is 220 g/mol. The van der Waals surface area contributed by atoms with E-state index in [1.165, 1.54) is 0 Å². The maximum atomic E-state index is 12.1. The molecule has 0 aromatic heterocycles. The molecule has 0 bridgehead atoms. The Kier molecular flexibility index (Phi) is 5.33. The number of carbonyl (C=O) groups excluding carboxylic acids is 1. The number of rotatable bonds is 6. The first kappa shape index (κ1) is 16.1. The first-order valence-electron chi connectivity index (χ1n) is 5.93. The Labute approximate surface area is 103 Å². The monoisotopic (exact) mass is 244 g/mol. The van der Waals surface area contributed by atoms with E-state index in [1.54, 1.807) is 20.8 Å². The second-order valence-electron chi connectivity index (χ2n) is 5.93. The van der Waals surface area contributed by atoms with Crippen molar-refractivity contribution in [3.05, 3.63) is 0 Å². The Morgan fingerprint density at radius 2 is 1.65 bits per heavy atom. The highest BCUT2D eigenvalue weighted by atomic mass is 16.5. The summed E-state index contributed by atoms with van der Waals surface area (Å²) in [7, 11) is 0. The van der Waals surface area contributed by atoms with Crippen molar-refractivity contribution in [1.82, 2.24) is 0 Å². The molecule has 1 N–H and O–H groups in total. The molecule has 0 radical (unpaired) electrons. The van der Waals surface area contributed by atoms with Gasteiger partial charge in [0.2, 0.25) is 0 Å². The van der Waals surface area contributed by atoms with Crippen LogP contribution in [0.4, 0.5) is 0 Å². The van der Waals surface area contributed by atoms with E-state index in [-0.39, 0.29) is 12.2 Å². The summed E-state index contributed by atoms with van der Waals surface area (Å²) >= 11 is 0. The summed E-state index contributed by atoms with van der Waals surface area (Å²) in [6.45, 7) is 11.0. The highest BCUT2D eigenvalue weighted by Gasteiger charge is 2.35. The number of ketones is 1. The number of aliphatic carboxylic acids is 1. The fourth-order valence-corrected chi connectivity index (χ4v) is 1.30. The summed E-state index contributed by atoms with van der Waals surface area (Å²) in [5, 5.41) is 8.84. The molecule has 0 aliphatic rings. The van der Waals surface area contributed by atoms with Crippen LogP contribution >= 0.6 is 0 Å². The first-order valence-corrected chi connectivity index (χ1v) is 5.93. The van der Waals surface area contributed by atoms with Crippen molar-refractivity contribution >= 4 is 11.8 Å². The van der Waals surface area contributed by atoms with E-state index in [2.05, 4.69) is 0 Å². The molecule has 0 aliphatic heterocycles. The Hall–Kier alpha value is -0.900. The molecule has 0 rings (SSSR count). The molecule has 17 heavy (non-hydrogen) atoms. The molecule has 0 aromatic rings. The van der Waals surface area contributed by atoms with Gasteiger partial charge in [0, 0.05) is 5.41 Å². The number of hydrogen-bond acceptors (Lipinski definition) is 3. The summed E-state index contributed by atoms with van der Waals surface area (Å²) in [5.74, 6) is -1.18. The van der Waals surface area contributed by atoms with Gasteiger partial charge < -0.3 is 9.84 Å². The SMILES string of the molecule is CCC(C)(C)OC(CC(=O)O)C(=O)C(C)(C)C. The minimum absolute atomic E-state index is 0.165. The Bertz CT molecular complexity index is 286. The summed E-state index contributed by atoms with van der Waals surface area (Å²) in [6.07, 6.45) is -0.428. The highest BCUT2D eigenvalue weighted by molar-refractivity contribution is 5.90. The summed E-state index contributed by atoms with van der Waals surface area (Å²) in [5.41, 5.74) is -1.08. The van der Waals surface area contributed by atoms with Gasteiger partial charge in [0.1, 0.15) is 6.10 Å². The van der Waals surface area contributed by atoms with Crippen LogP contribution in [0.5, 0.6) is 0 Å². The Morgan fingerprint density at radius 3 is 1.94 bits per heavy atom. The zero-order valence-corrected chi connectivity index (χ0v) is 11.7. The van der Waals surface area contributed by atoms with Gasteiger partial charge >= 0.3 is 5.97 Å². The Morgan fingerprint density at radius 1 is 1.18 bits per heavy atom. The maximum absolute atomic E-state index is 12.1. The lowest BCUT2D eigenvalue weighted by atomic mass is 9.86. The average molecular weight is 244 g/mol. The van der Waals surface area contributed by atoms with Gasteiger partial charge in [0.05, 0.1) is 12.0 Å². The third-order valence-electron chi connectivity index (χ3n) is 2.70. The molecule has 0 fully saturated rings. The number of ether oxygens (including phenoxy) is 1. The van der Waals surface area contributed by atoms with Crippen LogP contribution in [0.15, 0.2) is 0 Å². The largest absolute Gasteiger partial charge is 0.481 e. The zero-order valence-electron chi connectivity index (χ0n) is 11.7. The molecule has 0 spiro atoms. The van der Waals surface area contributed by atoms with Gasteiger partial charge in [-0.25, -0.2) is 0 Å². The van der Waals surface area contributed by atoms with Crippen LogP contribution in [-0.2, 0) is 14.3 Å². The molecule has 0 saturated heterocycles. The van der Waals surface area contributed by atoms with E-state index in [9.17, 15) is 9.59 Å². The van der Waals surface area contributed by atoms with Crippen molar-refractivity contribution < 1.29 is 19.4 Å². The third-order valence-corrected chi connectivity index (χ3v) is 2.70. The van der Waals surface area contributed by atoms with E-state index in [0.717, 1.165) is 6.42 Å². The minimum atomic E-state index is -1.01. The summed E-state index contributed by atoms with van der Waals surface area (Å²) in [6, 6.07) is 0. The standard InChI is InChI=1S/C13H24O4/c1-7-13(5,6)17-9(8-10(14)15)11(16)12(2,3)4/h9H,7-8H2,1-6H3,(H,14,15). The summed E-state index contributed by atoms with van der Waals surface area (Å²) in [4.78, 5) is 22.9. The van der Waals surface area contributed by atoms with Gasteiger partial charge in [-0.1, -0.05) is 27.7 Å². The predicted molar refractivity (Wildman–Crippen MR) is 66.0 cm³/mol. The van der Waals surface area contributed by atoms with Crippen molar-refractivity contribution in [2.75, 3.05) is 0 Å². The topological polar surface area (TPSA) is 63.6 Å². The van der Waals surface area contributed by atoms with Crippen LogP contribution in [0.1, 0.15) is 54.4 Å². The van der Waals surface area contributed by atoms with Crippen molar-refractivity contribution in [3.63, 3.8) is 0 Å². The average Bonchev–Trinajstić information content (AvgIpc) is 2.13. The highest BCUT2D eigenvalue weighted by Crippen LogP contribution is 2.25. The molecule has 4 heteroatoms.